The van der Waals surface area contributed by atoms with Crippen molar-refractivity contribution < 1.29 is 9.34 Å². The number of hydrogen-bond acceptors (Lipinski definition) is 6. The molecule has 0 saturated heterocycles. The van der Waals surface area contributed by atoms with Crippen LogP contribution in [0.4, 0.5) is 10.1 Å². The molecule has 0 atom stereocenters. The molecule has 0 aliphatic rings. The standard InChI is InChI=1S/C9H9N3O3S/c1-6-2-3-7(15-6)4-10-9-11-5-8(16-9)12(13)14/h2-3,5H,4H2,1H3,(H,10,11). The quantitative estimate of drug-likeness (QED) is 0.655. The van der Waals surface area contributed by atoms with Crippen molar-refractivity contribution in [1.29, 1.82) is 0 Å². The Morgan fingerprint density at radius 3 is 3.00 bits per heavy atom. The topological polar surface area (TPSA) is 81.2 Å². The fourth-order valence-corrected chi connectivity index (χ4v) is 1.80. The van der Waals surface area contributed by atoms with E-state index in [-0.39, 0.29) is 5.00 Å². The Balaban J connectivity index is 1.97. The predicted octanol–water partition coefficient (Wildman–Crippen LogP) is 2.56. The van der Waals surface area contributed by atoms with Gasteiger partial charge in [0.15, 0.2) is 5.13 Å². The summed E-state index contributed by atoms with van der Waals surface area (Å²) in [7, 11) is 0. The molecule has 2 heterocycles. The second kappa shape index (κ2) is 4.31. The maximum absolute atomic E-state index is 10.4. The molecule has 2 rings (SSSR count). The first-order valence-corrected chi connectivity index (χ1v) is 5.36. The lowest BCUT2D eigenvalue weighted by molar-refractivity contribution is -0.380. The number of nitrogens with one attached hydrogen (secondary N) is 1. The number of rotatable bonds is 4. The lowest BCUT2D eigenvalue weighted by atomic mass is 10.4. The maximum atomic E-state index is 10.4. The smallest absolute Gasteiger partial charge is 0.345 e. The van der Waals surface area contributed by atoms with Gasteiger partial charge in [-0.15, -0.1) is 0 Å². The molecule has 0 unspecified atom stereocenters. The summed E-state index contributed by atoms with van der Waals surface area (Å²) in [4.78, 5) is 13.8. The number of anilines is 1. The van der Waals surface area contributed by atoms with Gasteiger partial charge >= 0.3 is 5.00 Å². The van der Waals surface area contributed by atoms with Crippen LogP contribution in [-0.2, 0) is 6.54 Å². The normalized spacial score (nSPS) is 10.3. The second-order valence-corrected chi connectivity index (χ2v) is 4.14. The molecule has 0 saturated carbocycles. The highest BCUT2D eigenvalue weighted by molar-refractivity contribution is 7.18. The molecule has 1 N–H and O–H groups in total. The van der Waals surface area contributed by atoms with Crippen LogP contribution in [0.5, 0.6) is 0 Å². The van der Waals surface area contributed by atoms with E-state index in [2.05, 4.69) is 10.3 Å². The molecule has 0 spiro atoms. The van der Waals surface area contributed by atoms with E-state index in [0.717, 1.165) is 22.9 Å². The Kier molecular flexibility index (Phi) is 2.86. The Hall–Kier alpha value is -1.89. The molecule has 7 heteroatoms. The molecule has 0 aliphatic heterocycles. The molecule has 0 radical (unpaired) electrons. The minimum atomic E-state index is -0.458. The van der Waals surface area contributed by atoms with Gasteiger partial charge in [0, 0.05) is 0 Å². The predicted molar refractivity (Wildman–Crippen MR) is 59.5 cm³/mol. The largest absolute Gasteiger partial charge is 0.465 e. The van der Waals surface area contributed by atoms with E-state index in [1.54, 1.807) is 0 Å². The lowest BCUT2D eigenvalue weighted by Crippen LogP contribution is -1.96. The molecule has 0 aliphatic carbocycles. The van der Waals surface area contributed by atoms with E-state index in [0.29, 0.717) is 11.7 Å². The average Bonchev–Trinajstić information content (AvgIpc) is 2.83. The van der Waals surface area contributed by atoms with Crippen LogP contribution in [0.3, 0.4) is 0 Å². The third kappa shape index (κ3) is 2.37. The van der Waals surface area contributed by atoms with Crippen molar-refractivity contribution in [1.82, 2.24) is 4.98 Å². The van der Waals surface area contributed by atoms with Crippen LogP contribution in [0.1, 0.15) is 11.5 Å². The van der Waals surface area contributed by atoms with Crippen molar-refractivity contribution in [3.05, 3.63) is 40.0 Å². The Labute approximate surface area is 95.1 Å². The zero-order chi connectivity index (χ0) is 11.5. The van der Waals surface area contributed by atoms with E-state index in [1.807, 2.05) is 19.1 Å². The molecule has 0 fully saturated rings. The Morgan fingerprint density at radius 2 is 2.44 bits per heavy atom. The molecular weight excluding hydrogens is 230 g/mol. The van der Waals surface area contributed by atoms with Crippen molar-refractivity contribution in [2.75, 3.05) is 5.32 Å². The van der Waals surface area contributed by atoms with Gasteiger partial charge in [-0.2, -0.15) is 0 Å². The van der Waals surface area contributed by atoms with Crippen LogP contribution in [-0.4, -0.2) is 9.91 Å². The maximum Gasteiger partial charge on any atom is 0.345 e. The number of nitro groups is 1. The highest BCUT2D eigenvalue weighted by atomic mass is 32.1. The van der Waals surface area contributed by atoms with Gasteiger partial charge in [0.2, 0.25) is 0 Å². The van der Waals surface area contributed by atoms with Crippen molar-refractivity contribution in [2.45, 2.75) is 13.5 Å². The Bertz CT molecular complexity index is 506. The average molecular weight is 239 g/mol. The molecular formula is C9H9N3O3S. The summed E-state index contributed by atoms with van der Waals surface area (Å²) < 4.78 is 5.34. The van der Waals surface area contributed by atoms with Crippen LogP contribution in [0.2, 0.25) is 0 Å². The van der Waals surface area contributed by atoms with E-state index >= 15 is 0 Å². The molecule has 0 aromatic carbocycles. The van der Waals surface area contributed by atoms with Crippen molar-refractivity contribution in [2.24, 2.45) is 0 Å². The molecule has 16 heavy (non-hydrogen) atoms. The van der Waals surface area contributed by atoms with Crippen LogP contribution in [0.25, 0.3) is 0 Å². The highest BCUT2D eigenvalue weighted by Crippen LogP contribution is 2.25. The summed E-state index contributed by atoms with van der Waals surface area (Å²) in [5.74, 6) is 1.61. The summed E-state index contributed by atoms with van der Waals surface area (Å²) >= 11 is 1.00. The van der Waals surface area contributed by atoms with E-state index in [1.165, 1.54) is 6.20 Å². The summed E-state index contributed by atoms with van der Waals surface area (Å²) in [5, 5.41) is 13.9. The van der Waals surface area contributed by atoms with Gasteiger partial charge in [0.25, 0.3) is 0 Å². The number of furan rings is 1. The molecule has 0 bridgehead atoms. The second-order valence-electron chi connectivity index (χ2n) is 3.13. The fourth-order valence-electron chi connectivity index (χ4n) is 1.17. The third-order valence-corrected chi connectivity index (χ3v) is 2.79. The number of nitrogens with zero attached hydrogens (tertiary/aromatic N) is 2. The van der Waals surface area contributed by atoms with Gasteiger partial charge in [0.05, 0.1) is 11.5 Å². The molecule has 6 nitrogen and oxygen atoms in total. The van der Waals surface area contributed by atoms with Gasteiger partial charge in [0.1, 0.15) is 17.7 Å². The SMILES string of the molecule is Cc1ccc(CNc2ncc([N+](=O)[O-])s2)o1. The van der Waals surface area contributed by atoms with Crippen molar-refractivity contribution >= 4 is 21.5 Å². The number of thiazole rings is 1. The molecule has 2 aromatic rings. The van der Waals surface area contributed by atoms with Crippen LogP contribution >= 0.6 is 11.3 Å². The molecule has 2 aromatic heterocycles. The minimum absolute atomic E-state index is 0.0260. The third-order valence-electron chi connectivity index (χ3n) is 1.88. The first kappa shape index (κ1) is 10.6. The summed E-state index contributed by atoms with van der Waals surface area (Å²) in [6, 6.07) is 3.71. The summed E-state index contributed by atoms with van der Waals surface area (Å²) in [5.41, 5.74) is 0. The van der Waals surface area contributed by atoms with Gasteiger partial charge in [-0.25, -0.2) is 4.98 Å². The minimum Gasteiger partial charge on any atom is -0.465 e. The Morgan fingerprint density at radius 1 is 1.62 bits per heavy atom. The number of hydrogen-bond donors (Lipinski definition) is 1. The van der Waals surface area contributed by atoms with E-state index < -0.39 is 4.92 Å². The zero-order valence-corrected chi connectivity index (χ0v) is 9.28. The van der Waals surface area contributed by atoms with Gasteiger partial charge in [-0.05, 0) is 30.4 Å². The van der Waals surface area contributed by atoms with Crippen LogP contribution in [0.15, 0.2) is 22.7 Å². The van der Waals surface area contributed by atoms with Crippen molar-refractivity contribution in [3.8, 4) is 0 Å². The van der Waals surface area contributed by atoms with Gasteiger partial charge in [-0.1, -0.05) is 0 Å². The highest BCUT2D eigenvalue weighted by Gasteiger charge is 2.11. The zero-order valence-electron chi connectivity index (χ0n) is 8.47. The van der Waals surface area contributed by atoms with Gasteiger partial charge in [-0.3, -0.25) is 10.1 Å². The number of aryl methyl sites for hydroxylation is 1. The van der Waals surface area contributed by atoms with Crippen molar-refractivity contribution in [3.63, 3.8) is 0 Å². The van der Waals surface area contributed by atoms with Crippen LogP contribution < -0.4 is 5.32 Å². The van der Waals surface area contributed by atoms with Crippen LogP contribution in [0, 0.1) is 17.0 Å². The first-order chi connectivity index (χ1) is 7.65. The first-order valence-electron chi connectivity index (χ1n) is 4.54. The van der Waals surface area contributed by atoms with E-state index in [4.69, 9.17) is 4.42 Å². The monoisotopic (exact) mass is 239 g/mol. The van der Waals surface area contributed by atoms with E-state index in [9.17, 15) is 10.1 Å². The lowest BCUT2D eigenvalue weighted by Gasteiger charge is -1.97. The molecule has 0 amide bonds. The summed E-state index contributed by atoms with van der Waals surface area (Å²) in [6.45, 7) is 2.33. The molecule has 84 valence electrons. The fraction of sp³-hybridized carbons (Fsp3) is 0.222. The summed E-state index contributed by atoms with van der Waals surface area (Å²) in [6.07, 6.45) is 1.24. The number of aromatic nitrogens is 1. The van der Waals surface area contributed by atoms with Gasteiger partial charge < -0.3 is 9.73 Å².